The first-order valence-corrected chi connectivity index (χ1v) is 6.44. The number of Topliss-reactive ketones (excluding diaryl/α,β-unsaturated/α-hetero) is 1. The normalized spacial score (nSPS) is 17.9. The number of rotatable bonds is 4. The van der Waals surface area contributed by atoms with Gasteiger partial charge in [0.2, 0.25) is 0 Å². The van der Waals surface area contributed by atoms with Crippen LogP contribution >= 0.6 is 0 Å². The van der Waals surface area contributed by atoms with Gasteiger partial charge in [-0.15, -0.1) is 0 Å². The lowest BCUT2D eigenvalue weighted by Crippen LogP contribution is -2.36. The second-order valence-electron chi connectivity index (χ2n) is 4.78. The first-order valence-electron chi connectivity index (χ1n) is 6.44. The fourth-order valence-corrected chi connectivity index (χ4v) is 2.37. The number of nitrogens with zero attached hydrogens (tertiary/aromatic N) is 1. The van der Waals surface area contributed by atoms with Gasteiger partial charge in [-0.25, -0.2) is 4.39 Å². The molecule has 0 radical (unpaired) electrons. The highest BCUT2D eigenvalue weighted by Crippen LogP contribution is 2.37. The van der Waals surface area contributed by atoms with Crippen LogP contribution in [0, 0.1) is 5.82 Å². The SMILES string of the molecule is COC(=O)CN1C(=O)C(O)=C(C(C)=O)C1c1ccc(F)cc1. The first kappa shape index (κ1) is 15.7. The van der Waals surface area contributed by atoms with E-state index in [-0.39, 0.29) is 5.57 Å². The summed E-state index contributed by atoms with van der Waals surface area (Å²) in [5.74, 6) is -3.23. The summed E-state index contributed by atoms with van der Waals surface area (Å²) >= 11 is 0. The summed E-state index contributed by atoms with van der Waals surface area (Å²) in [6.45, 7) is 0.773. The quantitative estimate of drug-likeness (QED) is 0.847. The van der Waals surface area contributed by atoms with Crippen molar-refractivity contribution in [2.24, 2.45) is 0 Å². The molecule has 0 saturated heterocycles. The predicted molar refractivity (Wildman–Crippen MR) is 73.2 cm³/mol. The van der Waals surface area contributed by atoms with E-state index in [1.54, 1.807) is 0 Å². The number of aliphatic hydroxyl groups excluding tert-OH is 1. The van der Waals surface area contributed by atoms with Crippen LogP contribution in [-0.2, 0) is 19.1 Å². The van der Waals surface area contributed by atoms with Crippen molar-refractivity contribution >= 4 is 17.7 Å². The molecular weight excluding hydrogens is 293 g/mol. The number of hydrogen-bond donors (Lipinski definition) is 1. The number of carbonyl (C=O) groups is 3. The van der Waals surface area contributed by atoms with E-state index in [9.17, 15) is 23.9 Å². The molecule has 6 nitrogen and oxygen atoms in total. The van der Waals surface area contributed by atoms with Crippen molar-refractivity contribution in [3.63, 3.8) is 0 Å². The number of hydrogen-bond acceptors (Lipinski definition) is 5. The number of aliphatic hydroxyl groups is 1. The number of carbonyl (C=O) groups excluding carboxylic acids is 3. The minimum atomic E-state index is -0.954. The van der Waals surface area contributed by atoms with Crippen LogP contribution < -0.4 is 0 Å². The highest BCUT2D eigenvalue weighted by atomic mass is 19.1. The number of halogens is 1. The predicted octanol–water partition coefficient (Wildman–Crippen LogP) is 1.28. The zero-order valence-electron chi connectivity index (χ0n) is 12.0. The van der Waals surface area contributed by atoms with Gasteiger partial charge in [0.25, 0.3) is 5.91 Å². The zero-order chi connectivity index (χ0) is 16.4. The van der Waals surface area contributed by atoms with Crippen molar-refractivity contribution in [3.05, 3.63) is 47.0 Å². The summed E-state index contributed by atoms with van der Waals surface area (Å²) in [5, 5.41) is 9.91. The van der Waals surface area contributed by atoms with Crippen LogP contribution in [-0.4, -0.2) is 41.3 Å². The molecule has 7 heteroatoms. The zero-order valence-corrected chi connectivity index (χ0v) is 12.0. The molecule has 0 aromatic heterocycles. The van der Waals surface area contributed by atoms with Crippen LogP contribution in [0.1, 0.15) is 18.5 Å². The van der Waals surface area contributed by atoms with Crippen molar-refractivity contribution in [3.8, 4) is 0 Å². The average molecular weight is 307 g/mol. The maximum absolute atomic E-state index is 13.1. The molecule has 0 aliphatic carbocycles. The molecule has 1 aliphatic heterocycles. The Kier molecular flexibility index (Phi) is 4.25. The van der Waals surface area contributed by atoms with Gasteiger partial charge in [0.15, 0.2) is 11.5 Å². The van der Waals surface area contributed by atoms with Gasteiger partial charge in [-0.05, 0) is 24.6 Å². The highest BCUT2D eigenvalue weighted by molar-refractivity contribution is 6.08. The van der Waals surface area contributed by atoms with Gasteiger partial charge in [0.05, 0.1) is 18.7 Å². The Labute approximate surface area is 125 Å². The molecule has 0 saturated carbocycles. The van der Waals surface area contributed by atoms with E-state index < -0.39 is 41.8 Å². The van der Waals surface area contributed by atoms with Crippen molar-refractivity contribution in [1.29, 1.82) is 0 Å². The minimum Gasteiger partial charge on any atom is -0.503 e. The molecule has 1 atom stereocenters. The third-order valence-electron chi connectivity index (χ3n) is 3.40. The minimum absolute atomic E-state index is 0.125. The molecule has 1 heterocycles. The third kappa shape index (κ3) is 2.69. The van der Waals surface area contributed by atoms with Gasteiger partial charge in [-0.3, -0.25) is 14.4 Å². The van der Waals surface area contributed by atoms with Crippen molar-refractivity contribution in [2.75, 3.05) is 13.7 Å². The molecular formula is C15H14FNO5. The molecule has 0 fully saturated rings. The van der Waals surface area contributed by atoms with Gasteiger partial charge in [-0.2, -0.15) is 0 Å². The molecule has 1 aliphatic rings. The number of ketones is 1. The third-order valence-corrected chi connectivity index (χ3v) is 3.40. The molecule has 1 amide bonds. The Hall–Kier alpha value is -2.70. The van der Waals surface area contributed by atoms with E-state index in [2.05, 4.69) is 4.74 Å². The fraction of sp³-hybridized carbons (Fsp3) is 0.267. The lowest BCUT2D eigenvalue weighted by atomic mass is 9.97. The van der Waals surface area contributed by atoms with Crippen molar-refractivity contribution < 1.29 is 28.6 Å². The topological polar surface area (TPSA) is 83.9 Å². The maximum atomic E-state index is 13.1. The molecule has 22 heavy (non-hydrogen) atoms. The van der Waals surface area contributed by atoms with Crippen molar-refractivity contribution in [1.82, 2.24) is 4.90 Å². The standard InChI is InChI=1S/C15H14FNO5/c1-8(18)12-13(9-3-5-10(16)6-4-9)17(7-11(19)22-2)15(21)14(12)20/h3-6,13,20H,7H2,1-2H3. The van der Waals surface area contributed by atoms with Gasteiger partial charge in [0.1, 0.15) is 12.4 Å². The van der Waals surface area contributed by atoms with Crippen molar-refractivity contribution in [2.45, 2.75) is 13.0 Å². The molecule has 1 N–H and O–H groups in total. The monoisotopic (exact) mass is 307 g/mol. The molecule has 0 bridgehead atoms. The Morgan fingerprint density at radius 3 is 2.41 bits per heavy atom. The van der Waals surface area contributed by atoms with Gasteiger partial charge < -0.3 is 14.7 Å². The van der Waals surface area contributed by atoms with E-state index in [0.717, 1.165) is 12.0 Å². The maximum Gasteiger partial charge on any atom is 0.325 e. The summed E-state index contributed by atoms with van der Waals surface area (Å²) in [7, 11) is 1.16. The summed E-state index contributed by atoms with van der Waals surface area (Å²) in [4.78, 5) is 36.4. The Bertz CT molecular complexity index is 665. The molecule has 1 aromatic rings. The van der Waals surface area contributed by atoms with Gasteiger partial charge >= 0.3 is 5.97 Å². The molecule has 116 valence electrons. The summed E-state index contributed by atoms with van der Waals surface area (Å²) < 4.78 is 17.6. The first-order chi connectivity index (χ1) is 10.4. The molecule has 1 unspecified atom stereocenters. The number of benzene rings is 1. The summed E-state index contributed by atoms with van der Waals surface area (Å²) in [5.41, 5.74) is 0.286. The fourth-order valence-electron chi connectivity index (χ4n) is 2.37. The second-order valence-corrected chi connectivity index (χ2v) is 4.78. The van der Waals surface area contributed by atoms with E-state index in [0.29, 0.717) is 5.56 Å². The van der Waals surface area contributed by atoms with E-state index in [4.69, 9.17) is 0 Å². The van der Waals surface area contributed by atoms with Crippen LogP contribution in [0.15, 0.2) is 35.6 Å². The Morgan fingerprint density at radius 2 is 1.91 bits per heavy atom. The van der Waals surface area contributed by atoms with Crippen LogP contribution in [0.5, 0.6) is 0 Å². The van der Waals surface area contributed by atoms with Crippen LogP contribution in [0.3, 0.4) is 0 Å². The smallest absolute Gasteiger partial charge is 0.325 e. The number of amides is 1. The Morgan fingerprint density at radius 1 is 1.32 bits per heavy atom. The van der Waals surface area contributed by atoms with E-state index in [1.807, 2.05) is 0 Å². The molecule has 0 spiro atoms. The lowest BCUT2D eigenvalue weighted by Gasteiger charge is -2.25. The van der Waals surface area contributed by atoms with Gasteiger partial charge in [-0.1, -0.05) is 12.1 Å². The van der Waals surface area contributed by atoms with E-state index >= 15 is 0 Å². The second kappa shape index (κ2) is 5.97. The largest absolute Gasteiger partial charge is 0.503 e. The van der Waals surface area contributed by atoms with E-state index in [1.165, 1.54) is 31.2 Å². The number of esters is 1. The molecule has 1 aromatic carbocycles. The van der Waals surface area contributed by atoms with Gasteiger partial charge in [0, 0.05) is 0 Å². The van der Waals surface area contributed by atoms with Crippen LogP contribution in [0.4, 0.5) is 4.39 Å². The van der Waals surface area contributed by atoms with Crippen LogP contribution in [0.25, 0.3) is 0 Å². The summed E-state index contributed by atoms with van der Waals surface area (Å²) in [6, 6.07) is 4.16. The summed E-state index contributed by atoms with van der Waals surface area (Å²) in [6.07, 6.45) is 0. The number of methoxy groups -OCH3 is 1. The van der Waals surface area contributed by atoms with Crippen LogP contribution in [0.2, 0.25) is 0 Å². The number of ether oxygens (including phenoxy) is 1. The average Bonchev–Trinajstić information content (AvgIpc) is 2.73. The molecule has 2 rings (SSSR count). The Balaban J connectivity index is 2.50. The highest BCUT2D eigenvalue weighted by Gasteiger charge is 2.43. The lowest BCUT2D eigenvalue weighted by molar-refractivity contribution is -0.146.